The summed E-state index contributed by atoms with van der Waals surface area (Å²) in [5.74, 6) is 0. The molecule has 2 rings (SSSR count). The normalized spacial score (nSPS) is 28.4. The second kappa shape index (κ2) is 4.73. The lowest BCUT2D eigenvalue weighted by atomic mass is 10.0. The molecule has 92 valence electrons. The molecular weight excluding hydrogens is 222 g/mol. The van der Waals surface area contributed by atoms with Crippen LogP contribution < -0.4 is 0 Å². The van der Waals surface area contributed by atoms with Crippen LogP contribution in [0.3, 0.4) is 0 Å². The van der Waals surface area contributed by atoms with Crippen molar-refractivity contribution in [2.45, 2.75) is 24.7 Å². The minimum atomic E-state index is -1.11. The summed E-state index contributed by atoms with van der Waals surface area (Å²) >= 11 is 0. The number of likely N-dealkylation sites (tertiary alicyclic amines) is 1. The summed E-state index contributed by atoms with van der Waals surface area (Å²) in [6, 6.07) is 8.76. The molecule has 1 aromatic carbocycles. The lowest BCUT2D eigenvalue weighted by Crippen LogP contribution is -2.40. The van der Waals surface area contributed by atoms with Crippen LogP contribution in [-0.2, 0) is 6.42 Å². The zero-order chi connectivity index (χ0) is 12.4. The van der Waals surface area contributed by atoms with Gasteiger partial charge in [0.15, 0.2) is 0 Å². The summed E-state index contributed by atoms with van der Waals surface area (Å²) in [5.41, 5.74) is 0.942. The molecule has 3 unspecified atom stereocenters. The van der Waals surface area contributed by atoms with Gasteiger partial charge in [-0.15, -0.1) is 0 Å². The van der Waals surface area contributed by atoms with Gasteiger partial charge in [-0.25, -0.2) is 4.79 Å². The van der Waals surface area contributed by atoms with Gasteiger partial charge < -0.3 is 15.3 Å². The summed E-state index contributed by atoms with van der Waals surface area (Å²) in [6.07, 6.45) is -2.72. The molecule has 3 N–H and O–H groups in total. The van der Waals surface area contributed by atoms with Gasteiger partial charge in [-0.2, -0.15) is 0 Å². The van der Waals surface area contributed by atoms with Crippen molar-refractivity contribution in [1.82, 2.24) is 4.90 Å². The molecule has 1 fully saturated rings. The Morgan fingerprint density at radius 3 is 2.53 bits per heavy atom. The minimum Gasteiger partial charge on any atom is -0.465 e. The Bertz CT molecular complexity index is 395. The first-order valence-corrected chi connectivity index (χ1v) is 5.49. The van der Waals surface area contributed by atoms with Gasteiger partial charge in [-0.05, 0) is 12.0 Å². The Morgan fingerprint density at radius 2 is 1.94 bits per heavy atom. The molecule has 0 bridgehead atoms. The van der Waals surface area contributed by atoms with Crippen molar-refractivity contribution in [3.63, 3.8) is 0 Å². The van der Waals surface area contributed by atoms with E-state index < -0.39 is 24.3 Å². The maximum Gasteiger partial charge on any atom is 0.407 e. The number of hydrogen-bond donors (Lipinski definition) is 3. The summed E-state index contributed by atoms with van der Waals surface area (Å²) in [4.78, 5) is 12.1. The lowest BCUT2D eigenvalue weighted by Gasteiger charge is -2.23. The van der Waals surface area contributed by atoms with Gasteiger partial charge in [0.05, 0.1) is 18.7 Å². The van der Waals surface area contributed by atoms with Gasteiger partial charge in [0.2, 0.25) is 0 Å². The predicted molar refractivity (Wildman–Crippen MR) is 60.7 cm³/mol. The van der Waals surface area contributed by atoms with Crippen LogP contribution in [0.25, 0.3) is 0 Å². The van der Waals surface area contributed by atoms with Crippen LogP contribution in [0.2, 0.25) is 0 Å². The number of carboxylic acid groups (broad SMARTS) is 1. The van der Waals surface area contributed by atoms with Gasteiger partial charge >= 0.3 is 6.09 Å². The van der Waals surface area contributed by atoms with E-state index in [9.17, 15) is 15.0 Å². The quantitative estimate of drug-likeness (QED) is 0.691. The monoisotopic (exact) mass is 237 g/mol. The third-order valence-electron chi connectivity index (χ3n) is 3.11. The predicted octanol–water partition coefficient (Wildman–Crippen LogP) is 0.313. The van der Waals surface area contributed by atoms with Crippen molar-refractivity contribution in [2.75, 3.05) is 6.54 Å². The average molecular weight is 237 g/mol. The van der Waals surface area contributed by atoms with E-state index in [4.69, 9.17) is 5.11 Å². The van der Waals surface area contributed by atoms with E-state index in [-0.39, 0.29) is 6.54 Å². The maximum absolute atomic E-state index is 11.0. The number of carbonyl (C=O) groups is 1. The van der Waals surface area contributed by atoms with Crippen molar-refractivity contribution in [2.24, 2.45) is 0 Å². The summed E-state index contributed by atoms with van der Waals surface area (Å²) in [6.45, 7) is -0.0337. The van der Waals surface area contributed by atoms with Gasteiger partial charge in [-0.1, -0.05) is 30.3 Å². The smallest absolute Gasteiger partial charge is 0.407 e. The molecule has 5 nitrogen and oxygen atoms in total. The number of aliphatic hydroxyl groups is 2. The van der Waals surface area contributed by atoms with Gasteiger partial charge in [0.25, 0.3) is 0 Å². The molecule has 0 aliphatic carbocycles. The van der Waals surface area contributed by atoms with E-state index in [1.807, 2.05) is 30.3 Å². The molecule has 0 saturated carbocycles. The van der Waals surface area contributed by atoms with E-state index in [1.54, 1.807) is 0 Å². The molecular formula is C12H15NO4. The number of aliphatic hydroxyl groups excluding tert-OH is 2. The summed E-state index contributed by atoms with van der Waals surface area (Å²) < 4.78 is 0. The number of rotatable bonds is 2. The van der Waals surface area contributed by atoms with Crippen molar-refractivity contribution < 1.29 is 20.1 Å². The topological polar surface area (TPSA) is 81.0 Å². The fraction of sp³-hybridized carbons (Fsp3) is 0.417. The van der Waals surface area contributed by atoms with Gasteiger partial charge in [-0.3, -0.25) is 4.90 Å². The standard InChI is InChI=1S/C12H15NO4/c14-10-7-13(12(16)17)9(11(10)15)6-8-4-2-1-3-5-8/h1-5,9-11,14-15H,6-7H2,(H,16,17). The molecule has 1 aliphatic heterocycles. The van der Waals surface area contributed by atoms with Crippen LogP contribution in [0.1, 0.15) is 5.56 Å². The zero-order valence-corrected chi connectivity index (χ0v) is 9.23. The third kappa shape index (κ3) is 2.40. The van der Waals surface area contributed by atoms with Crippen molar-refractivity contribution in [1.29, 1.82) is 0 Å². The van der Waals surface area contributed by atoms with Crippen LogP contribution in [0, 0.1) is 0 Å². The minimum absolute atomic E-state index is 0.0337. The highest BCUT2D eigenvalue weighted by atomic mass is 16.4. The van der Waals surface area contributed by atoms with E-state index in [0.717, 1.165) is 10.5 Å². The summed E-state index contributed by atoms with van der Waals surface area (Å²) in [7, 11) is 0. The SMILES string of the molecule is O=C(O)N1CC(O)C(O)C1Cc1ccccc1. The van der Waals surface area contributed by atoms with Crippen LogP contribution in [-0.4, -0.2) is 51.1 Å². The van der Waals surface area contributed by atoms with Crippen LogP contribution >= 0.6 is 0 Å². The Hall–Kier alpha value is -1.59. The molecule has 0 aromatic heterocycles. The molecule has 0 radical (unpaired) electrons. The second-order valence-electron chi connectivity index (χ2n) is 4.25. The third-order valence-corrected chi connectivity index (χ3v) is 3.11. The highest BCUT2D eigenvalue weighted by Gasteiger charge is 2.42. The fourth-order valence-corrected chi connectivity index (χ4v) is 2.19. The first kappa shape index (κ1) is 11.9. The fourth-order valence-electron chi connectivity index (χ4n) is 2.19. The van der Waals surface area contributed by atoms with Gasteiger partial charge in [0, 0.05) is 0 Å². The molecule has 0 spiro atoms. The molecule has 1 heterocycles. The van der Waals surface area contributed by atoms with Crippen LogP contribution in [0.15, 0.2) is 30.3 Å². The largest absolute Gasteiger partial charge is 0.465 e. The molecule has 1 amide bonds. The Labute approximate surface area is 98.9 Å². The second-order valence-corrected chi connectivity index (χ2v) is 4.25. The van der Waals surface area contributed by atoms with E-state index >= 15 is 0 Å². The number of amides is 1. The Morgan fingerprint density at radius 1 is 1.29 bits per heavy atom. The molecule has 17 heavy (non-hydrogen) atoms. The van der Waals surface area contributed by atoms with Crippen LogP contribution in [0.5, 0.6) is 0 Å². The first-order chi connectivity index (χ1) is 8.09. The maximum atomic E-state index is 11.0. The van der Waals surface area contributed by atoms with E-state index in [0.29, 0.717) is 6.42 Å². The van der Waals surface area contributed by atoms with E-state index in [1.165, 1.54) is 0 Å². The first-order valence-electron chi connectivity index (χ1n) is 5.49. The number of nitrogens with zero attached hydrogens (tertiary/aromatic N) is 1. The molecule has 1 saturated heterocycles. The van der Waals surface area contributed by atoms with Crippen molar-refractivity contribution in [3.05, 3.63) is 35.9 Å². The molecule has 5 heteroatoms. The summed E-state index contributed by atoms with van der Waals surface area (Å²) in [5, 5.41) is 28.3. The molecule has 1 aliphatic rings. The number of hydrogen-bond acceptors (Lipinski definition) is 3. The van der Waals surface area contributed by atoms with Crippen molar-refractivity contribution in [3.8, 4) is 0 Å². The Kier molecular flexibility index (Phi) is 3.31. The highest BCUT2D eigenvalue weighted by molar-refractivity contribution is 5.66. The number of β-amino-alcohol motifs (C(OH)–C–C–N with tert-alkyl or cyclic N) is 1. The number of benzene rings is 1. The molecule has 1 aromatic rings. The van der Waals surface area contributed by atoms with Gasteiger partial charge in [0.1, 0.15) is 6.10 Å². The lowest BCUT2D eigenvalue weighted by molar-refractivity contribution is 0.0378. The Balaban J connectivity index is 2.15. The molecule has 3 atom stereocenters. The zero-order valence-electron chi connectivity index (χ0n) is 9.23. The van der Waals surface area contributed by atoms with Crippen molar-refractivity contribution >= 4 is 6.09 Å². The highest BCUT2D eigenvalue weighted by Crippen LogP contribution is 2.22. The van der Waals surface area contributed by atoms with E-state index in [2.05, 4.69) is 0 Å². The average Bonchev–Trinajstić information content (AvgIpc) is 2.59. The van der Waals surface area contributed by atoms with Crippen LogP contribution in [0.4, 0.5) is 4.79 Å².